The lowest BCUT2D eigenvalue weighted by molar-refractivity contribution is -0.118. The third-order valence-electron chi connectivity index (χ3n) is 3.45. The second-order valence-corrected chi connectivity index (χ2v) is 4.88. The van der Waals surface area contributed by atoms with E-state index < -0.39 is 0 Å². The minimum atomic E-state index is 0.0456. The smallest absolute Gasteiger partial charge is 0.251 e. The van der Waals surface area contributed by atoms with Gasteiger partial charge in [0.05, 0.1) is 6.10 Å². The molecule has 0 saturated heterocycles. The Hall–Kier alpha value is -1.09. The van der Waals surface area contributed by atoms with E-state index in [2.05, 4.69) is 19.2 Å². The van der Waals surface area contributed by atoms with Crippen LogP contribution in [0.15, 0.2) is 23.3 Å². The molecule has 0 spiro atoms. The first-order valence-electron chi connectivity index (χ1n) is 6.84. The molecule has 102 valence electrons. The van der Waals surface area contributed by atoms with E-state index in [-0.39, 0.29) is 18.1 Å². The largest absolute Gasteiger partial charge is 0.377 e. The Balaban J connectivity index is 2.61. The zero-order chi connectivity index (χ0) is 13.5. The van der Waals surface area contributed by atoms with Crippen LogP contribution in [0.4, 0.5) is 0 Å². The second kappa shape index (κ2) is 7.37. The lowest BCUT2D eigenvalue weighted by Gasteiger charge is -2.21. The molecule has 1 aliphatic carbocycles. The van der Waals surface area contributed by atoms with Gasteiger partial charge in [0.1, 0.15) is 0 Å². The molecule has 1 aliphatic rings. The molecule has 18 heavy (non-hydrogen) atoms. The molecule has 1 amide bonds. The van der Waals surface area contributed by atoms with Gasteiger partial charge in [-0.2, -0.15) is 0 Å². The fraction of sp³-hybridized carbons (Fsp3) is 0.667. The average Bonchev–Trinajstić information content (AvgIpc) is 2.37. The summed E-state index contributed by atoms with van der Waals surface area (Å²) in [6, 6.07) is 0.289. The van der Waals surface area contributed by atoms with Gasteiger partial charge in [0.25, 0.3) is 5.91 Å². The van der Waals surface area contributed by atoms with Gasteiger partial charge in [0, 0.05) is 18.7 Å². The Morgan fingerprint density at radius 2 is 2.28 bits per heavy atom. The van der Waals surface area contributed by atoms with Crippen LogP contribution in [0.3, 0.4) is 0 Å². The van der Waals surface area contributed by atoms with Crippen LogP contribution in [0, 0.1) is 0 Å². The summed E-state index contributed by atoms with van der Waals surface area (Å²) < 4.78 is 5.33. The standard InChI is InChI=1S/C15H25NO2/c1-5-7-13(6-2)16-15(17)12-8-9-14(18-4)11(3)10-12/h8,10,13-14H,5-7,9H2,1-4H3,(H,16,17). The molecule has 0 aromatic heterocycles. The van der Waals surface area contributed by atoms with E-state index in [9.17, 15) is 4.79 Å². The number of hydrogen-bond donors (Lipinski definition) is 1. The quantitative estimate of drug-likeness (QED) is 0.788. The van der Waals surface area contributed by atoms with Gasteiger partial charge < -0.3 is 10.1 Å². The molecule has 0 aliphatic heterocycles. The van der Waals surface area contributed by atoms with Crippen molar-refractivity contribution in [2.75, 3.05) is 7.11 Å². The van der Waals surface area contributed by atoms with Gasteiger partial charge in [-0.3, -0.25) is 4.79 Å². The zero-order valence-corrected chi connectivity index (χ0v) is 12.0. The van der Waals surface area contributed by atoms with Crippen LogP contribution >= 0.6 is 0 Å². The minimum absolute atomic E-state index is 0.0456. The molecule has 3 nitrogen and oxygen atoms in total. The topological polar surface area (TPSA) is 38.3 Å². The first-order chi connectivity index (χ1) is 8.62. The van der Waals surface area contributed by atoms with Crippen LogP contribution < -0.4 is 5.32 Å². The maximum Gasteiger partial charge on any atom is 0.251 e. The molecule has 3 heteroatoms. The van der Waals surface area contributed by atoms with Crippen LogP contribution in [0.25, 0.3) is 0 Å². The number of hydrogen-bond acceptors (Lipinski definition) is 2. The van der Waals surface area contributed by atoms with Crippen molar-refractivity contribution in [3.8, 4) is 0 Å². The molecule has 0 bridgehead atoms. The highest BCUT2D eigenvalue weighted by atomic mass is 16.5. The first-order valence-corrected chi connectivity index (χ1v) is 6.84. The molecule has 2 atom stereocenters. The van der Waals surface area contributed by atoms with Crippen molar-refractivity contribution in [2.45, 2.75) is 58.6 Å². The lowest BCUT2D eigenvalue weighted by Crippen LogP contribution is -2.35. The van der Waals surface area contributed by atoms with Crippen molar-refractivity contribution < 1.29 is 9.53 Å². The fourth-order valence-corrected chi connectivity index (χ4v) is 2.25. The van der Waals surface area contributed by atoms with E-state index in [1.165, 1.54) is 0 Å². The average molecular weight is 251 g/mol. The number of amides is 1. The highest BCUT2D eigenvalue weighted by Gasteiger charge is 2.19. The van der Waals surface area contributed by atoms with Crippen LogP contribution in [0.2, 0.25) is 0 Å². The van der Waals surface area contributed by atoms with E-state index in [1.807, 2.05) is 19.1 Å². The third kappa shape index (κ3) is 3.98. The maximum atomic E-state index is 12.1. The first kappa shape index (κ1) is 15.0. The van der Waals surface area contributed by atoms with Crippen LogP contribution in [-0.4, -0.2) is 25.2 Å². The number of rotatable bonds is 6. The summed E-state index contributed by atoms with van der Waals surface area (Å²) in [4.78, 5) is 12.1. The number of methoxy groups -OCH3 is 1. The van der Waals surface area contributed by atoms with E-state index in [4.69, 9.17) is 4.74 Å². The molecule has 0 aromatic rings. The highest BCUT2D eigenvalue weighted by molar-refractivity contribution is 5.96. The summed E-state index contributed by atoms with van der Waals surface area (Å²) in [5, 5.41) is 3.10. The van der Waals surface area contributed by atoms with E-state index >= 15 is 0 Å². The molecule has 1 rings (SSSR count). The monoisotopic (exact) mass is 251 g/mol. The summed E-state index contributed by atoms with van der Waals surface area (Å²) in [7, 11) is 1.70. The highest BCUT2D eigenvalue weighted by Crippen LogP contribution is 2.20. The molecule has 0 radical (unpaired) electrons. The zero-order valence-electron chi connectivity index (χ0n) is 12.0. The summed E-state index contributed by atoms with van der Waals surface area (Å²) in [6.07, 6.45) is 7.93. The summed E-state index contributed by atoms with van der Waals surface area (Å²) in [5.41, 5.74) is 1.89. The van der Waals surface area contributed by atoms with E-state index in [1.54, 1.807) is 7.11 Å². The van der Waals surface area contributed by atoms with Gasteiger partial charge in [0.15, 0.2) is 0 Å². The molecular formula is C15H25NO2. The van der Waals surface area contributed by atoms with Crippen molar-refractivity contribution in [3.05, 3.63) is 23.3 Å². The normalized spacial score (nSPS) is 21.0. The van der Waals surface area contributed by atoms with Crippen molar-refractivity contribution in [3.63, 3.8) is 0 Å². The van der Waals surface area contributed by atoms with Crippen LogP contribution in [-0.2, 0) is 9.53 Å². The van der Waals surface area contributed by atoms with Gasteiger partial charge in [-0.25, -0.2) is 0 Å². The molecule has 0 fully saturated rings. The Kier molecular flexibility index (Phi) is 6.13. The van der Waals surface area contributed by atoms with Gasteiger partial charge in [0.2, 0.25) is 0 Å². The van der Waals surface area contributed by atoms with Gasteiger partial charge in [-0.05, 0) is 37.8 Å². The minimum Gasteiger partial charge on any atom is -0.377 e. The van der Waals surface area contributed by atoms with E-state index in [0.29, 0.717) is 0 Å². The lowest BCUT2D eigenvalue weighted by atomic mass is 9.97. The molecule has 2 unspecified atom stereocenters. The number of ether oxygens (including phenoxy) is 1. The van der Waals surface area contributed by atoms with Crippen molar-refractivity contribution in [2.24, 2.45) is 0 Å². The maximum absolute atomic E-state index is 12.1. The number of carbonyl (C=O) groups is 1. The summed E-state index contributed by atoms with van der Waals surface area (Å²) >= 11 is 0. The Labute approximate surface area is 110 Å². The van der Waals surface area contributed by atoms with Gasteiger partial charge in [-0.15, -0.1) is 0 Å². The molecule has 1 N–H and O–H groups in total. The van der Waals surface area contributed by atoms with Gasteiger partial charge >= 0.3 is 0 Å². The van der Waals surface area contributed by atoms with Crippen LogP contribution in [0.5, 0.6) is 0 Å². The Morgan fingerprint density at radius 3 is 2.78 bits per heavy atom. The van der Waals surface area contributed by atoms with Crippen molar-refractivity contribution in [1.29, 1.82) is 0 Å². The SMILES string of the molecule is CCCC(CC)NC(=O)C1=CCC(OC)C(C)=C1. The number of carbonyl (C=O) groups excluding carboxylic acids is 1. The molecule has 0 aromatic carbocycles. The van der Waals surface area contributed by atoms with Crippen LogP contribution in [0.1, 0.15) is 46.5 Å². The molecule has 0 saturated carbocycles. The Bertz CT molecular complexity index is 344. The van der Waals surface area contributed by atoms with Crippen molar-refractivity contribution >= 4 is 5.91 Å². The second-order valence-electron chi connectivity index (χ2n) is 4.88. The van der Waals surface area contributed by atoms with Crippen molar-refractivity contribution in [1.82, 2.24) is 5.32 Å². The molecule has 0 heterocycles. The summed E-state index contributed by atoms with van der Waals surface area (Å²) in [6.45, 7) is 6.26. The van der Waals surface area contributed by atoms with E-state index in [0.717, 1.165) is 36.8 Å². The van der Waals surface area contributed by atoms with Gasteiger partial charge in [-0.1, -0.05) is 26.3 Å². The predicted octanol–water partition coefficient (Wildman–Crippen LogP) is 2.97. The fourth-order valence-electron chi connectivity index (χ4n) is 2.25. The Morgan fingerprint density at radius 1 is 1.56 bits per heavy atom. The molecular weight excluding hydrogens is 226 g/mol. The predicted molar refractivity (Wildman–Crippen MR) is 74.4 cm³/mol. The summed E-state index contributed by atoms with van der Waals surface area (Å²) in [5.74, 6) is 0.0456. The number of nitrogens with one attached hydrogen (secondary N) is 1. The third-order valence-corrected chi connectivity index (χ3v) is 3.45.